The van der Waals surface area contributed by atoms with Crippen molar-refractivity contribution in [3.63, 3.8) is 0 Å². The van der Waals surface area contributed by atoms with Crippen LogP contribution in [-0.2, 0) is 9.59 Å². The number of carbonyl (C=O) groups excluding carboxylic acids is 2. The van der Waals surface area contributed by atoms with Gasteiger partial charge in [-0.05, 0) is 73.8 Å². The average Bonchev–Trinajstić information content (AvgIpc) is 3.23. The van der Waals surface area contributed by atoms with Gasteiger partial charge in [-0.3, -0.25) is 9.59 Å². The van der Waals surface area contributed by atoms with E-state index in [2.05, 4.69) is 19.2 Å². The van der Waals surface area contributed by atoms with Crippen LogP contribution in [0.3, 0.4) is 0 Å². The molecule has 184 valence electrons. The number of anilines is 1. The first-order valence-corrected chi connectivity index (χ1v) is 12.8. The summed E-state index contributed by atoms with van der Waals surface area (Å²) in [6.45, 7) is 4.80. The quantitative estimate of drug-likeness (QED) is 0.631. The zero-order valence-corrected chi connectivity index (χ0v) is 21.1. The Hall–Kier alpha value is -2.50. The summed E-state index contributed by atoms with van der Waals surface area (Å²) >= 11 is 0. The predicted molar refractivity (Wildman–Crippen MR) is 132 cm³/mol. The van der Waals surface area contributed by atoms with E-state index in [0.717, 1.165) is 12.3 Å². The fourth-order valence-corrected chi connectivity index (χ4v) is 8.14. The highest BCUT2D eigenvalue weighted by Gasteiger charge is 2.59. The molecule has 1 aromatic rings. The number of hydrogen-bond acceptors (Lipinski definition) is 4. The lowest BCUT2D eigenvalue weighted by atomic mass is 9.48. The standard InChI is InChI=1S/C28H38N2O4/c1-27-13-6-7-20(27)18-9-11-24-28(2,21(18)12-14-27)16-19(26(32)30(24)3)25(31)29-22-10-8-17(33-4)15-23(22)34-5/h8,10,15-16,18,20-21,24H,6-7,9,11-14H2,1-5H3,(H,29,31)/t18-,20-,21+,24?,27-,28+/m0/s1. The van der Waals surface area contributed by atoms with Crippen molar-refractivity contribution in [1.82, 2.24) is 4.90 Å². The first-order valence-electron chi connectivity index (χ1n) is 12.8. The van der Waals surface area contributed by atoms with Crippen LogP contribution in [-0.4, -0.2) is 44.0 Å². The first-order chi connectivity index (χ1) is 16.2. The van der Waals surface area contributed by atoms with Gasteiger partial charge in [-0.25, -0.2) is 0 Å². The number of rotatable bonds is 4. The largest absolute Gasteiger partial charge is 0.497 e. The van der Waals surface area contributed by atoms with Crippen molar-refractivity contribution in [3.8, 4) is 11.5 Å². The lowest BCUT2D eigenvalue weighted by Crippen LogP contribution is -2.60. The molecule has 3 saturated carbocycles. The Bertz CT molecular complexity index is 1040. The van der Waals surface area contributed by atoms with E-state index < -0.39 is 0 Å². The SMILES string of the molecule is COc1ccc(NC(=O)C2=C[C@@]3(C)C(CC[C@@H]4[C@H]3CC[C@]3(C)CCC[C@@H]43)N(C)C2=O)c(OC)c1. The zero-order valence-electron chi connectivity index (χ0n) is 21.1. The molecular weight excluding hydrogens is 428 g/mol. The Morgan fingerprint density at radius 1 is 1.06 bits per heavy atom. The number of ether oxygens (including phenoxy) is 2. The number of benzene rings is 1. The third kappa shape index (κ3) is 3.44. The minimum atomic E-state index is -0.372. The molecule has 2 amide bonds. The molecule has 1 aromatic carbocycles. The molecule has 4 aliphatic rings. The molecule has 0 spiro atoms. The van der Waals surface area contributed by atoms with Gasteiger partial charge in [0, 0.05) is 24.6 Å². The molecule has 1 unspecified atom stereocenters. The van der Waals surface area contributed by atoms with Crippen molar-refractivity contribution in [2.45, 2.75) is 64.8 Å². The van der Waals surface area contributed by atoms with Crippen LogP contribution in [0.15, 0.2) is 29.8 Å². The molecule has 5 rings (SSSR count). The number of amides is 2. The van der Waals surface area contributed by atoms with E-state index >= 15 is 0 Å². The van der Waals surface area contributed by atoms with Crippen molar-refractivity contribution in [3.05, 3.63) is 29.8 Å². The van der Waals surface area contributed by atoms with Crippen LogP contribution in [0.5, 0.6) is 11.5 Å². The number of likely N-dealkylation sites (N-methyl/N-ethyl adjacent to an activating group) is 1. The molecule has 0 saturated heterocycles. The van der Waals surface area contributed by atoms with E-state index in [4.69, 9.17) is 9.47 Å². The molecule has 34 heavy (non-hydrogen) atoms. The lowest BCUT2D eigenvalue weighted by molar-refractivity contribution is -0.141. The molecule has 0 bridgehead atoms. The summed E-state index contributed by atoms with van der Waals surface area (Å²) in [5.41, 5.74) is 1.07. The number of methoxy groups -OCH3 is 2. The Balaban J connectivity index is 1.47. The van der Waals surface area contributed by atoms with Crippen LogP contribution in [0.25, 0.3) is 0 Å². The van der Waals surface area contributed by atoms with Crippen LogP contribution < -0.4 is 14.8 Å². The minimum Gasteiger partial charge on any atom is -0.497 e. The minimum absolute atomic E-state index is 0.152. The maximum atomic E-state index is 13.4. The second-order valence-corrected chi connectivity index (χ2v) is 11.4. The van der Waals surface area contributed by atoms with Gasteiger partial charge in [0.15, 0.2) is 0 Å². The topological polar surface area (TPSA) is 67.9 Å². The maximum Gasteiger partial charge on any atom is 0.261 e. The summed E-state index contributed by atoms with van der Waals surface area (Å²) in [5.74, 6) is 2.56. The van der Waals surface area contributed by atoms with Crippen LogP contribution in [0, 0.1) is 28.6 Å². The highest BCUT2D eigenvalue weighted by atomic mass is 16.5. The van der Waals surface area contributed by atoms with Gasteiger partial charge in [0.05, 0.1) is 19.9 Å². The molecule has 3 aliphatic carbocycles. The maximum absolute atomic E-state index is 13.4. The van der Waals surface area contributed by atoms with Gasteiger partial charge in [0.25, 0.3) is 11.8 Å². The molecule has 1 N–H and O–H groups in total. The van der Waals surface area contributed by atoms with Crippen LogP contribution >= 0.6 is 0 Å². The summed E-state index contributed by atoms with van der Waals surface area (Å²) < 4.78 is 10.7. The Morgan fingerprint density at radius 3 is 2.59 bits per heavy atom. The number of hydrogen-bond donors (Lipinski definition) is 1. The number of nitrogens with one attached hydrogen (secondary N) is 1. The van der Waals surface area contributed by atoms with Gasteiger partial charge in [-0.2, -0.15) is 0 Å². The van der Waals surface area contributed by atoms with E-state index in [1.807, 2.05) is 18.0 Å². The third-order valence-electron chi connectivity index (χ3n) is 9.88. The zero-order chi connectivity index (χ0) is 24.3. The van der Waals surface area contributed by atoms with Gasteiger partial charge >= 0.3 is 0 Å². The Labute approximate surface area is 203 Å². The van der Waals surface area contributed by atoms with Crippen LogP contribution in [0.1, 0.15) is 58.8 Å². The van der Waals surface area contributed by atoms with Gasteiger partial charge in [-0.1, -0.05) is 26.3 Å². The third-order valence-corrected chi connectivity index (χ3v) is 9.88. The normalized spacial score (nSPS) is 36.7. The van der Waals surface area contributed by atoms with Gasteiger partial charge in [0.2, 0.25) is 0 Å². The van der Waals surface area contributed by atoms with Crippen LogP contribution in [0.4, 0.5) is 5.69 Å². The highest BCUT2D eigenvalue weighted by molar-refractivity contribution is 6.23. The molecule has 3 fully saturated rings. The summed E-state index contributed by atoms with van der Waals surface area (Å²) in [6, 6.07) is 5.39. The summed E-state index contributed by atoms with van der Waals surface area (Å²) in [4.78, 5) is 28.6. The van der Waals surface area contributed by atoms with E-state index in [1.54, 1.807) is 32.4 Å². The Kier molecular flexibility index (Phi) is 5.69. The fraction of sp³-hybridized carbons (Fsp3) is 0.643. The highest BCUT2D eigenvalue weighted by Crippen LogP contribution is 2.64. The molecule has 0 radical (unpaired) electrons. The second kappa shape index (κ2) is 8.31. The molecule has 6 atom stereocenters. The number of nitrogens with zero attached hydrogens (tertiary/aromatic N) is 1. The molecule has 6 nitrogen and oxygen atoms in total. The second-order valence-electron chi connectivity index (χ2n) is 11.4. The lowest BCUT2D eigenvalue weighted by Gasteiger charge is -2.60. The smallest absolute Gasteiger partial charge is 0.261 e. The molecule has 1 heterocycles. The molecular formula is C28H38N2O4. The summed E-state index contributed by atoms with van der Waals surface area (Å²) in [5, 5.41) is 2.93. The Morgan fingerprint density at radius 2 is 1.85 bits per heavy atom. The first kappa shape index (κ1) is 23.3. The van der Waals surface area contributed by atoms with Crippen molar-refractivity contribution < 1.29 is 19.1 Å². The van der Waals surface area contributed by atoms with Crippen molar-refractivity contribution in [2.75, 3.05) is 26.6 Å². The van der Waals surface area contributed by atoms with E-state index in [-0.39, 0.29) is 28.8 Å². The summed E-state index contributed by atoms with van der Waals surface area (Å²) in [7, 11) is 5.02. The summed E-state index contributed by atoms with van der Waals surface area (Å²) in [6.07, 6.45) is 10.7. The van der Waals surface area contributed by atoms with Gasteiger partial charge in [-0.15, -0.1) is 0 Å². The monoisotopic (exact) mass is 466 g/mol. The number of fused-ring (bicyclic) bond motifs is 5. The molecule has 0 aromatic heterocycles. The predicted octanol–water partition coefficient (Wildman–Crippen LogP) is 5.04. The van der Waals surface area contributed by atoms with Crippen LogP contribution in [0.2, 0.25) is 0 Å². The fourth-order valence-electron chi connectivity index (χ4n) is 8.14. The van der Waals surface area contributed by atoms with Gasteiger partial charge < -0.3 is 19.7 Å². The van der Waals surface area contributed by atoms with Crippen molar-refractivity contribution >= 4 is 17.5 Å². The van der Waals surface area contributed by atoms with Crippen molar-refractivity contribution in [2.24, 2.45) is 28.6 Å². The van der Waals surface area contributed by atoms with Gasteiger partial charge in [0.1, 0.15) is 17.1 Å². The van der Waals surface area contributed by atoms with E-state index in [0.29, 0.717) is 34.4 Å². The molecule has 1 aliphatic heterocycles. The van der Waals surface area contributed by atoms with E-state index in [9.17, 15) is 9.59 Å². The average molecular weight is 467 g/mol. The van der Waals surface area contributed by atoms with Crippen molar-refractivity contribution in [1.29, 1.82) is 0 Å². The number of carbonyl (C=O) groups is 2. The molecule has 6 heteroatoms. The van der Waals surface area contributed by atoms with E-state index in [1.165, 1.54) is 38.5 Å².